The number of aliphatic hydroxyl groups is 1. The Morgan fingerprint density at radius 2 is 2.00 bits per heavy atom. The van der Waals surface area contributed by atoms with Crippen LogP contribution in [-0.2, 0) is 6.54 Å². The van der Waals surface area contributed by atoms with Gasteiger partial charge in [0, 0.05) is 12.1 Å². The van der Waals surface area contributed by atoms with E-state index in [0.717, 1.165) is 5.56 Å². The Morgan fingerprint density at radius 1 is 1.32 bits per heavy atom. The molecular weight excluding hydrogens is 256 g/mol. The van der Waals surface area contributed by atoms with Crippen LogP contribution in [0.15, 0.2) is 18.2 Å². The summed E-state index contributed by atoms with van der Waals surface area (Å²) in [6, 6.07) is 4.81. The number of hydrogen-bond acceptors (Lipinski definition) is 4. The normalized spacial score (nSPS) is 11.7. The Kier molecular flexibility index (Phi) is 5.50. The molecular formula is C13H19F2NO3. The maximum Gasteiger partial charge on any atom is 0.387 e. The van der Waals surface area contributed by atoms with Gasteiger partial charge in [-0.3, -0.25) is 0 Å². The van der Waals surface area contributed by atoms with Crippen molar-refractivity contribution in [1.82, 2.24) is 5.32 Å². The van der Waals surface area contributed by atoms with Gasteiger partial charge in [-0.05, 0) is 31.5 Å². The van der Waals surface area contributed by atoms with Crippen LogP contribution in [0.2, 0.25) is 0 Å². The Bertz CT molecular complexity index is 411. The zero-order valence-electron chi connectivity index (χ0n) is 11.2. The molecule has 0 radical (unpaired) electrons. The number of hydrogen-bond donors (Lipinski definition) is 2. The van der Waals surface area contributed by atoms with Crippen molar-refractivity contribution in [2.45, 2.75) is 32.5 Å². The van der Waals surface area contributed by atoms with Crippen molar-refractivity contribution < 1.29 is 23.4 Å². The Balaban J connectivity index is 2.80. The molecule has 19 heavy (non-hydrogen) atoms. The van der Waals surface area contributed by atoms with E-state index in [4.69, 9.17) is 9.84 Å². The summed E-state index contributed by atoms with van der Waals surface area (Å²) in [6.07, 6.45) is 0. The van der Waals surface area contributed by atoms with E-state index >= 15 is 0 Å². The highest BCUT2D eigenvalue weighted by molar-refractivity contribution is 5.43. The lowest BCUT2D eigenvalue weighted by Crippen LogP contribution is -2.42. The smallest absolute Gasteiger partial charge is 0.387 e. The average Bonchev–Trinajstić information content (AvgIpc) is 2.36. The first kappa shape index (κ1) is 15.7. The number of aliphatic hydroxyl groups excluding tert-OH is 1. The van der Waals surface area contributed by atoms with Crippen LogP contribution in [0.1, 0.15) is 19.4 Å². The van der Waals surface area contributed by atoms with Crippen LogP contribution >= 0.6 is 0 Å². The molecule has 0 saturated heterocycles. The third-order valence-corrected chi connectivity index (χ3v) is 2.61. The number of halogens is 2. The molecule has 0 aliphatic carbocycles. The van der Waals surface area contributed by atoms with Crippen LogP contribution in [0.3, 0.4) is 0 Å². The summed E-state index contributed by atoms with van der Waals surface area (Å²) >= 11 is 0. The first-order chi connectivity index (χ1) is 8.88. The Morgan fingerprint density at radius 3 is 2.53 bits per heavy atom. The lowest BCUT2D eigenvalue weighted by molar-refractivity contribution is -0.0512. The van der Waals surface area contributed by atoms with Crippen molar-refractivity contribution >= 4 is 0 Å². The molecule has 1 aromatic carbocycles. The summed E-state index contributed by atoms with van der Waals surface area (Å²) in [7, 11) is 1.39. The highest BCUT2D eigenvalue weighted by Crippen LogP contribution is 2.29. The molecule has 0 unspecified atom stereocenters. The summed E-state index contributed by atoms with van der Waals surface area (Å²) in [4.78, 5) is 0. The van der Waals surface area contributed by atoms with E-state index in [0.29, 0.717) is 6.54 Å². The van der Waals surface area contributed by atoms with Gasteiger partial charge in [0.15, 0.2) is 11.5 Å². The van der Waals surface area contributed by atoms with Gasteiger partial charge >= 0.3 is 6.61 Å². The summed E-state index contributed by atoms with van der Waals surface area (Å²) in [6.45, 7) is 1.19. The largest absolute Gasteiger partial charge is 0.493 e. The molecule has 1 aromatic rings. The van der Waals surface area contributed by atoms with Crippen LogP contribution < -0.4 is 14.8 Å². The zero-order valence-corrected chi connectivity index (χ0v) is 11.2. The molecule has 0 aliphatic rings. The average molecular weight is 275 g/mol. The van der Waals surface area contributed by atoms with E-state index < -0.39 is 12.2 Å². The third-order valence-electron chi connectivity index (χ3n) is 2.61. The molecule has 0 saturated carbocycles. The van der Waals surface area contributed by atoms with Crippen LogP contribution in [0.25, 0.3) is 0 Å². The van der Waals surface area contributed by atoms with E-state index in [2.05, 4.69) is 10.1 Å². The topological polar surface area (TPSA) is 50.7 Å². The van der Waals surface area contributed by atoms with Crippen molar-refractivity contribution in [3.05, 3.63) is 23.8 Å². The minimum atomic E-state index is -2.90. The second kappa shape index (κ2) is 6.68. The molecule has 0 amide bonds. The SMILES string of the molecule is COc1ccc(CNC(C)(C)CO)cc1OC(F)F. The van der Waals surface area contributed by atoms with Gasteiger partial charge in [0.05, 0.1) is 13.7 Å². The first-order valence-corrected chi connectivity index (χ1v) is 5.85. The van der Waals surface area contributed by atoms with Crippen molar-refractivity contribution in [3.8, 4) is 11.5 Å². The van der Waals surface area contributed by atoms with E-state index in [9.17, 15) is 8.78 Å². The van der Waals surface area contributed by atoms with E-state index in [-0.39, 0.29) is 18.1 Å². The van der Waals surface area contributed by atoms with Gasteiger partial charge in [-0.25, -0.2) is 0 Å². The molecule has 0 atom stereocenters. The summed E-state index contributed by atoms with van der Waals surface area (Å²) in [5, 5.41) is 12.2. The first-order valence-electron chi connectivity index (χ1n) is 5.85. The quantitative estimate of drug-likeness (QED) is 0.800. The van der Waals surface area contributed by atoms with Crippen LogP contribution in [0, 0.1) is 0 Å². The van der Waals surface area contributed by atoms with Crippen molar-refractivity contribution in [2.75, 3.05) is 13.7 Å². The van der Waals surface area contributed by atoms with Crippen molar-refractivity contribution in [1.29, 1.82) is 0 Å². The number of methoxy groups -OCH3 is 1. The van der Waals surface area contributed by atoms with E-state index in [1.807, 2.05) is 13.8 Å². The number of rotatable bonds is 7. The molecule has 0 bridgehead atoms. The molecule has 0 aromatic heterocycles. The van der Waals surface area contributed by atoms with Gasteiger partial charge in [-0.15, -0.1) is 0 Å². The highest BCUT2D eigenvalue weighted by Gasteiger charge is 2.16. The van der Waals surface area contributed by atoms with E-state index in [1.54, 1.807) is 12.1 Å². The highest BCUT2D eigenvalue weighted by atomic mass is 19.3. The monoisotopic (exact) mass is 275 g/mol. The van der Waals surface area contributed by atoms with Gasteiger partial charge in [0.25, 0.3) is 0 Å². The molecule has 0 fully saturated rings. The predicted molar refractivity (Wildman–Crippen MR) is 67.6 cm³/mol. The van der Waals surface area contributed by atoms with Gasteiger partial charge in [0.2, 0.25) is 0 Å². The molecule has 0 aliphatic heterocycles. The number of ether oxygens (including phenoxy) is 2. The van der Waals surface area contributed by atoms with E-state index in [1.165, 1.54) is 13.2 Å². The van der Waals surface area contributed by atoms with Crippen LogP contribution in [-0.4, -0.2) is 31.0 Å². The third kappa shape index (κ3) is 5.00. The summed E-state index contributed by atoms with van der Waals surface area (Å²) in [5.41, 5.74) is 0.321. The van der Waals surface area contributed by atoms with Crippen molar-refractivity contribution in [3.63, 3.8) is 0 Å². The minimum absolute atomic E-state index is 0.00129. The molecule has 0 spiro atoms. The second-order valence-electron chi connectivity index (χ2n) is 4.76. The fourth-order valence-electron chi connectivity index (χ4n) is 1.42. The molecule has 1 rings (SSSR count). The predicted octanol–water partition coefficient (Wildman–Crippen LogP) is 2.16. The molecule has 4 nitrogen and oxygen atoms in total. The second-order valence-corrected chi connectivity index (χ2v) is 4.76. The van der Waals surface area contributed by atoms with Crippen LogP contribution in [0.5, 0.6) is 11.5 Å². The number of benzene rings is 1. The molecule has 6 heteroatoms. The Hall–Kier alpha value is -1.40. The fourth-order valence-corrected chi connectivity index (χ4v) is 1.42. The lowest BCUT2D eigenvalue weighted by Gasteiger charge is -2.23. The van der Waals surface area contributed by atoms with Gasteiger partial charge in [-0.2, -0.15) is 8.78 Å². The van der Waals surface area contributed by atoms with Crippen molar-refractivity contribution in [2.24, 2.45) is 0 Å². The molecule has 108 valence electrons. The zero-order chi connectivity index (χ0) is 14.5. The summed E-state index contributed by atoms with van der Waals surface area (Å²) < 4.78 is 33.9. The minimum Gasteiger partial charge on any atom is -0.493 e. The van der Waals surface area contributed by atoms with Gasteiger partial charge < -0.3 is 19.9 Å². The lowest BCUT2D eigenvalue weighted by atomic mass is 10.1. The Labute approximate surface area is 111 Å². The van der Waals surface area contributed by atoms with Gasteiger partial charge in [0.1, 0.15) is 0 Å². The molecule has 2 N–H and O–H groups in total. The number of alkyl halides is 2. The maximum atomic E-state index is 12.3. The van der Waals surface area contributed by atoms with Gasteiger partial charge in [-0.1, -0.05) is 6.07 Å². The van der Waals surface area contributed by atoms with Crippen LogP contribution in [0.4, 0.5) is 8.78 Å². The molecule has 0 heterocycles. The number of nitrogens with one attached hydrogen (secondary N) is 1. The summed E-state index contributed by atoms with van der Waals surface area (Å²) in [5.74, 6) is 0.254. The standard InChI is InChI=1S/C13H19F2NO3/c1-13(2,8-17)16-7-9-4-5-10(18-3)11(6-9)19-12(14)15/h4-6,12,16-17H,7-8H2,1-3H3. The maximum absolute atomic E-state index is 12.3. The fraction of sp³-hybridized carbons (Fsp3) is 0.538.